The number of nitro groups is 1. The monoisotopic (exact) mass is 270 g/mol. The van der Waals surface area contributed by atoms with Crippen molar-refractivity contribution in [3.63, 3.8) is 0 Å². The van der Waals surface area contributed by atoms with Gasteiger partial charge in [0.25, 0.3) is 0 Å². The second kappa shape index (κ2) is 5.76. The summed E-state index contributed by atoms with van der Waals surface area (Å²) in [7, 11) is 0. The minimum absolute atomic E-state index is 0.288. The summed E-state index contributed by atoms with van der Waals surface area (Å²) >= 11 is 0. The van der Waals surface area contributed by atoms with Gasteiger partial charge >= 0.3 is 16.9 Å². The Morgan fingerprint density at radius 1 is 1.32 bits per heavy atom. The fraction of sp³-hybridized carbons (Fsp3) is 0.600. The molecule has 0 bridgehead atoms. The Bertz CT molecular complexity index is 572. The third-order valence-electron chi connectivity index (χ3n) is 2.95. The lowest BCUT2D eigenvalue weighted by atomic mass is 10.4. The zero-order chi connectivity index (χ0) is 13.8. The van der Waals surface area contributed by atoms with E-state index in [-0.39, 0.29) is 6.54 Å². The summed E-state index contributed by atoms with van der Waals surface area (Å²) < 4.78 is 6.34. The van der Waals surface area contributed by atoms with Crippen LogP contribution in [0.4, 0.5) is 5.69 Å². The van der Waals surface area contributed by atoms with Crippen LogP contribution in [-0.4, -0.2) is 52.2 Å². The molecule has 1 aromatic heterocycles. The van der Waals surface area contributed by atoms with Crippen LogP contribution in [0.5, 0.6) is 0 Å². The average molecular weight is 270 g/mol. The molecule has 0 radical (unpaired) electrons. The standard InChI is InChI=1S/C10H14N4O5/c15-9-8(14(17)18)7-13(10(16)11-9)2-1-12-3-5-19-6-4-12/h7H,1-6H2,(H,11,15,16). The van der Waals surface area contributed by atoms with Crippen molar-refractivity contribution in [3.8, 4) is 0 Å². The molecular weight excluding hydrogens is 256 g/mol. The van der Waals surface area contributed by atoms with Crippen molar-refractivity contribution in [2.45, 2.75) is 6.54 Å². The van der Waals surface area contributed by atoms with Crippen molar-refractivity contribution >= 4 is 5.69 Å². The lowest BCUT2D eigenvalue weighted by Crippen LogP contribution is -2.40. The molecule has 1 N–H and O–H groups in total. The maximum Gasteiger partial charge on any atom is 0.350 e. The number of nitrogens with one attached hydrogen (secondary N) is 1. The summed E-state index contributed by atoms with van der Waals surface area (Å²) in [5.74, 6) is 0. The number of nitrogens with zero attached hydrogens (tertiary/aromatic N) is 3. The Labute approximate surface area is 107 Å². The molecule has 0 aromatic carbocycles. The molecule has 2 heterocycles. The largest absolute Gasteiger partial charge is 0.379 e. The van der Waals surface area contributed by atoms with Gasteiger partial charge in [-0.1, -0.05) is 0 Å². The van der Waals surface area contributed by atoms with Crippen LogP contribution in [-0.2, 0) is 11.3 Å². The van der Waals surface area contributed by atoms with Gasteiger partial charge < -0.3 is 4.74 Å². The minimum atomic E-state index is -0.974. The van der Waals surface area contributed by atoms with Crippen LogP contribution in [0.15, 0.2) is 15.8 Å². The summed E-state index contributed by atoms with van der Waals surface area (Å²) in [6.07, 6.45) is 0.988. The molecule has 9 heteroatoms. The van der Waals surface area contributed by atoms with Crippen molar-refractivity contribution in [2.75, 3.05) is 32.8 Å². The van der Waals surface area contributed by atoms with Crippen LogP contribution in [0, 0.1) is 10.1 Å². The van der Waals surface area contributed by atoms with Crippen LogP contribution in [0.25, 0.3) is 0 Å². The van der Waals surface area contributed by atoms with Crippen molar-refractivity contribution in [1.29, 1.82) is 0 Å². The van der Waals surface area contributed by atoms with Crippen molar-refractivity contribution in [1.82, 2.24) is 14.5 Å². The van der Waals surface area contributed by atoms with Crippen molar-refractivity contribution in [2.24, 2.45) is 0 Å². The first kappa shape index (κ1) is 13.4. The van der Waals surface area contributed by atoms with E-state index in [1.54, 1.807) is 0 Å². The molecule has 9 nitrogen and oxygen atoms in total. The zero-order valence-corrected chi connectivity index (χ0v) is 10.2. The van der Waals surface area contributed by atoms with Gasteiger partial charge in [0.15, 0.2) is 0 Å². The maximum atomic E-state index is 11.5. The molecule has 0 unspecified atom stereocenters. The molecular formula is C10H14N4O5. The van der Waals surface area contributed by atoms with Crippen LogP contribution in [0.1, 0.15) is 0 Å². The fourth-order valence-corrected chi connectivity index (χ4v) is 1.87. The Kier molecular flexibility index (Phi) is 4.07. The number of hydrogen-bond acceptors (Lipinski definition) is 6. The van der Waals surface area contributed by atoms with E-state index in [4.69, 9.17) is 4.74 Å². The van der Waals surface area contributed by atoms with Crippen LogP contribution in [0.2, 0.25) is 0 Å². The second-order valence-electron chi connectivity index (χ2n) is 4.18. The Balaban J connectivity index is 2.11. The summed E-state index contributed by atoms with van der Waals surface area (Å²) in [6, 6.07) is 0. The molecule has 0 aliphatic carbocycles. The van der Waals surface area contributed by atoms with E-state index in [1.807, 2.05) is 4.98 Å². The van der Waals surface area contributed by atoms with Crippen LogP contribution in [0.3, 0.4) is 0 Å². The first-order valence-corrected chi connectivity index (χ1v) is 5.86. The lowest BCUT2D eigenvalue weighted by molar-refractivity contribution is -0.386. The molecule has 1 aliphatic heterocycles. The van der Waals surface area contributed by atoms with Gasteiger partial charge in [0.1, 0.15) is 0 Å². The molecule has 0 atom stereocenters. The molecule has 104 valence electrons. The molecule has 1 aliphatic rings. The van der Waals surface area contributed by atoms with Crippen molar-refractivity contribution < 1.29 is 9.66 Å². The Hall–Kier alpha value is -2.00. The zero-order valence-electron chi connectivity index (χ0n) is 10.2. The maximum absolute atomic E-state index is 11.5. The van der Waals surface area contributed by atoms with Crippen LogP contribution < -0.4 is 11.2 Å². The highest BCUT2D eigenvalue weighted by molar-refractivity contribution is 5.20. The number of rotatable bonds is 4. The topological polar surface area (TPSA) is 110 Å². The first-order chi connectivity index (χ1) is 9.08. The third kappa shape index (κ3) is 3.26. The van der Waals surface area contributed by atoms with E-state index >= 15 is 0 Å². The first-order valence-electron chi connectivity index (χ1n) is 5.86. The number of aromatic nitrogens is 2. The number of H-pyrrole nitrogens is 1. The van der Waals surface area contributed by atoms with E-state index in [0.717, 1.165) is 23.9 Å². The number of morpholine rings is 1. The van der Waals surface area contributed by atoms with Gasteiger partial charge in [-0.3, -0.25) is 29.4 Å². The van der Waals surface area contributed by atoms with Gasteiger partial charge in [-0.15, -0.1) is 0 Å². The third-order valence-corrected chi connectivity index (χ3v) is 2.95. The van der Waals surface area contributed by atoms with E-state index in [1.165, 1.54) is 0 Å². The summed E-state index contributed by atoms with van der Waals surface area (Å²) in [5, 5.41) is 10.6. The fourth-order valence-electron chi connectivity index (χ4n) is 1.87. The molecule has 1 fully saturated rings. The predicted octanol–water partition coefficient (Wildman–Crippen LogP) is -1.22. The minimum Gasteiger partial charge on any atom is -0.379 e. The molecule has 0 amide bonds. The van der Waals surface area contributed by atoms with Crippen molar-refractivity contribution in [3.05, 3.63) is 37.1 Å². The van der Waals surface area contributed by atoms with Crippen LogP contribution >= 0.6 is 0 Å². The van der Waals surface area contributed by atoms with Gasteiger partial charge in [0.2, 0.25) is 0 Å². The van der Waals surface area contributed by atoms with Gasteiger partial charge in [-0.05, 0) is 0 Å². The Morgan fingerprint density at radius 2 is 2.00 bits per heavy atom. The molecule has 1 saturated heterocycles. The lowest BCUT2D eigenvalue weighted by Gasteiger charge is -2.26. The summed E-state index contributed by atoms with van der Waals surface area (Å²) in [6.45, 7) is 3.67. The van der Waals surface area contributed by atoms with E-state index in [0.29, 0.717) is 19.8 Å². The van der Waals surface area contributed by atoms with Gasteiger partial charge in [0, 0.05) is 26.2 Å². The predicted molar refractivity (Wildman–Crippen MR) is 65.2 cm³/mol. The smallest absolute Gasteiger partial charge is 0.350 e. The highest BCUT2D eigenvalue weighted by atomic mass is 16.6. The summed E-state index contributed by atoms with van der Waals surface area (Å²) in [5.41, 5.74) is -2.23. The number of hydrogen-bond donors (Lipinski definition) is 1. The highest BCUT2D eigenvalue weighted by Crippen LogP contribution is 2.00. The number of aromatic amines is 1. The number of ether oxygens (including phenoxy) is 1. The van der Waals surface area contributed by atoms with E-state index in [2.05, 4.69) is 4.90 Å². The van der Waals surface area contributed by atoms with E-state index in [9.17, 15) is 19.7 Å². The van der Waals surface area contributed by atoms with E-state index < -0.39 is 21.9 Å². The molecule has 2 rings (SSSR count). The second-order valence-corrected chi connectivity index (χ2v) is 4.18. The molecule has 19 heavy (non-hydrogen) atoms. The van der Waals surface area contributed by atoms with Gasteiger partial charge in [0.05, 0.1) is 24.3 Å². The summed E-state index contributed by atoms with van der Waals surface area (Å²) in [4.78, 5) is 36.6. The SMILES string of the molecule is O=c1[nH]c(=O)n(CCN2CCOCC2)cc1[N+](=O)[O-]. The highest BCUT2D eigenvalue weighted by Gasteiger charge is 2.16. The average Bonchev–Trinajstić information content (AvgIpc) is 2.38. The van der Waals surface area contributed by atoms with Gasteiger partial charge in [-0.25, -0.2) is 4.79 Å². The van der Waals surface area contributed by atoms with Gasteiger partial charge in [-0.2, -0.15) is 0 Å². The molecule has 0 saturated carbocycles. The Morgan fingerprint density at radius 3 is 2.63 bits per heavy atom. The quantitative estimate of drug-likeness (QED) is 0.542. The normalized spacial score (nSPS) is 16.4. The molecule has 0 spiro atoms. The molecule has 1 aromatic rings.